The molecule has 0 bridgehead atoms. The molecule has 0 saturated carbocycles. The van der Waals surface area contributed by atoms with Gasteiger partial charge in [-0.3, -0.25) is 4.79 Å². The average Bonchev–Trinajstić information content (AvgIpc) is 2.71. The Morgan fingerprint density at radius 2 is 2.00 bits per heavy atom. The first-order valence-electron chi connectivity index (χ1n) is 7.76. The lowest BCUT2D eigenvalue weighted by Crippen LogP contribution is -2.35. The van der Waals surface area contributed by atoms with Gasteiger partial charge in [0.2, 0.25) is 0 Å². The zero-order valence-electron chi connectivity index (χ0n) is 13.5. The Morgan fingerprint density at radius 1 is 1.17 bits per heavy atom. The van der Waals surface area contributed by atoms with Gasteiger partial charge in [0, 0.05) is 24.9 Å². The van der Waals surface area contributed by atoms with Crippen molar-refractivity contribution in [2.45, 2.75) is 13.5 Å². The maximum absolute atomic E-state index is 12.3. The summed E-state index contributed by atoms with van der Waals surface area (Å²) in [5.41, 5.74) is 5.46. The molecule has 3 rings (SSSR count). The summed E-state index contributed by atoms with van der Waals surface area (Å²) in [6, 6.07) is 14.5. The van der Waals surface area contributed by atoms with Crippen LogP contribution in [-0.4, -0.2) is 32.8 Å². The number of carbonyl (C=O) groups excluding carboxylic acids is 1. The van der Waals surface area contributed by atoms with E-state index in [1.165, 1.54) is 11.1 Å². The molecule has 1 heterocycles. The standard InChI is InChI=1S/C19H21NO3/c1-14-5-3-4-6-17(14)15-7-8-16-12-23-13-19(21)20(9-10-22-2)18(16)11-15/h3-8,11H,9-10,12-13H2,1-2H3. The van der Waals surface area contributed by atoms with Crippen molar-refractivity contribution in [2.24, 2.45) is 0 Å². The maximum Gasteiger partial charge on any atom is 0.253 e. The summed E-state index contributed by atoms with van der Waals surface area (Å²) in [6.07, 6.45) is 0. The fourth-order valence-corrected chi connectivity index (χ4v) is 2.89. The summed E-state index contributed by atoms with van der Waals surface area (Å²) >= 11 is 0. The van der Waals surface area contributed by atoms with Gasteiger partial charge in [0.1, 0.15) is 6.61 Å². The van der Waals surface area contributed by atoms with Crippen molar-refractivity contribution in [3.05, 3.63) is 53.6 Å². The highest BCUT2D eigenvalue weighted by atomic mass is 16.5. The van der Waals surface area contributed by atoms with Gasteiger partial charge in [-0.2, -0.15) is 0 Å². The highest BCUT2D eigenvalue weighted by molar-refractivity contribution is 5.96. The van der Waals surface area contributed by atoms with Crippen LogP contribution in [0.15, 0.2) is 42.5 Å². The summed E-state index contributed by atoms with van der Waals surface area (Å²) < 4.78 is 10.6. The number of benzene rings is 2. The Morgan fingerprint density at radius 3 is 2.78 bits per heavy atom. The molecule has 0 spiro atoms. The number of rotatable bonds is 4. The molecule has 2 aromatic carbocycles. The van der Waals surface area contributed by atoms with E-state index < -0.39 is 0 Å². The number of hydrogen-bond acceptors (Lipinski definition) is 3. The van der Waals surface area contributed by atoms with Crippen LogP contribution < -0.4 is 4.90 Å². The Bertz CT molecular complexity index is 712. The van der Waals surface area contributed by atoms with Gasteiger partial charge in [-0.05, 0) is 29.7 Å². The van der Waals surface area contributed by atoms with Crippen molar-refractivity contribution >= 4 is 11.6 Å². The van der Waals surface area contributed by atoms with E-state index in [4.69, 9.17) is 9.47 Å². The van der Waals surface area contributed by atoms with Crippen LogP contribution in [-0.2, 0) is 20.9 Å². The molecule has 1 aliphatic heterocycles. The molecule has 0 aliphatic carbocycles. The third-order valence-electron chi connectivity index (χ3n) is 4.14. The zero-order chi connectivity index (χ0) is 16.2. The number of aryl methyl sites for hydroxylation is 1. The van der Waals surface area contributed by atoms with Crippen LogP contribution in [0.1, 0.15) is 11.1 Å². The number of amides is 1. The summed E-state index contributed by atoms with van der Waals surface area (Å²) in [4.78, 5) is 14.1. The lowest BCUT2D eigenvalue weighted by Gasteiger charge is -2.23. The molecule has 2 aromatic rings. The highest BCUT2D eigenvalue weighted by Gasteiger charge is 2.23. The molecule has 120 valence electrons. The predicted octanol–water partition coefficient (Wildman–Crippen LogP) is 3.17. The van der Waals surface area contributed by atoms with E-state index in [-0.39, 0.29) is 12.5 Å². The first-order valence-corrected chi connectivity index (χ1v) is 7.76. The Labute approximate surface area is 136 Å². The average molecular weight is 311 g/mol. The van der Waals surface area contributed by atoms with Gasteiger partial charge in [0.15, 0.2) is 0 Å². The van der Waals surface area contributed by atoms with Crippen molar-refractivity contribution in [2.75, 3.05) is 31.8 Å². The molecule has 4 nitrogen and oxygen atoms in total. The normalized spacial score (nSPS) is 14.5. The topological polar surface area (TPSA) is 38.8 Å². The van der Waals surface area contributed by atoms with Crippen molar-refractivity contribution in [1.82, 2.24) is 0 Å². The molecule has 0 unspecified atom stereocenters. The molecule has 0 fully saturated rings. The molecule has 0 atom stereocenters. The van der Waals surface area contributed by atoms with E-state index in [1.807, 2.05) is 12.1 Å². The number of methoxy groups -OCH3 is 1. The zero-order valence-corrected chi connectivity index (χ0v) is 13.5. The number of ether oxygens (including phenoxy) is 2. The van der Waals surface area contributed by atoms with Gasteiger partial charge < -0.3 is 14.4 Å². The molecule has 0 aromatic heterocycles. The van der Waals surface area contributed by atoms with Crippen LogP contribution >= 0.6 is 0 Å². The quantitative estimate of drug-likeness (QED) is 0.870. The van der Waals surface area contributed by atoms with Crippen LogP contribution in [0.2, 0.25) is 0 Å². The minimum Gasteiger partial charge on any atom is -0.383 e. The third kappa shape index (κ3) is 3.28. The van der Waals surface area contributed by atoms with Crippen LogP contribution in [0.3, 0.4) is 0 Å². The van der Waals surface area contributed by atoms with Gasteiger partial charge in [0.25, 0.3) is 5.91 Å². The van der Waals surface area contributed by atoms with E-state index in [2.05, 4.69) is 37.3 Å². The molecule has 1 amide bonds. The van der Waals surface area contributed by atoms with Crippen molar-refractivity contribution in [1.29, 1.82) is 0 Å². The van der Waals surface area contributed by atoms with E-state index in [0.717, 1.165) is 16.8 Å². The van der Waals surface area contributed by atoms with Crippen molar-refractivity contribution in [3.8, 4) is 11.1 Å². The van der Waals surface area contributed by atoms with Gasteiger partial charge in [-0.25, -0.2) is 0 Å². The summed E-state index contributed by atoms with van der Waals surface area (Å²) in [6.45, 7) is 3.69. The lowest BCUT2D eigenvalue weighted by molar-refractivity contribution is -0.123. The van der Waals surface area contributed by atoms with E-state index in [9.17, 15) is 4.79 Å². The van der Waals surface area contributed by atoms with Gasteiger partial charge in [-0.15, -0.1) is 0 Å². The van der Waals surface area contributed by atoms with Gasteiger partial charge in [0.05, 0.1) is 13.2 Å². The van der Waals surface area contributed by atoms with Crippen LogP contribution in [0, 0.1) is 6.92 Å². The van der Waals surface area contributed by atoms with E-state index in [0.29, 0.717) is 19.8 Å². The van der Waals surface area contributed by atoms with Crippen molar-refractivity contribution < 1.29 is 14.3 Å². The van der Waals surface area contributed by atoms with Gasteiger partial charge >= 0.3 is 0 Å². The number of nitrogens with zero attached hydrogens (tertiary/aromatic N) is 1. The van der Waals surface area contributed by atoms with Crippen molar-refractivity contribution in [3.63, 3.8) is 0 Å². The SMILES string of the molecule is COCCN1C(=O)COCc2ccc(-c3ccccc3C)cc21. The predicted molar refractivity (Wildman–Crippen MR) is 90.5 cm³/mol. The molecule has 23 heavy (non-hydrogen) atoms. The molecular formula is C19H21NO3. The van der Waals surface area contributed by atoms with Crippen LogP contribution in [0.4, 0.5) is 5.69 Å². The van der Waals surface area contributed by atoms with Crippen LogP contribution in [0.25, 0.3) is 11.1 Å². The lowest BCUT2D eigenvalue weighted by atomic mass is 9.98. The smallest absolute Gasteiger partial charge is 0.253 e. The first kappa shape index (κ1) is 15.7. The largest absolute Gasteiger partial charge is 0.383 e. The maximum atomic E-state index is 12.3. The Kier molecular flexibility index (Phi) is 4.74. The van der Waals surface area contributed by atoms with Crippen LogP contribution in [0.5, 0.6) is 0 Å². The summed E-state index contributed by atoms with van der Waals surface area (Å²) in [5.74, 6) is -0.0252. The van der Waals surface area contributed by atoms with E-state index >= 15 is 0 Å². The fraction of sp³-hybridized carbons (Fsp3) is 0.316. The molecule has 0 radical (unpaired) electrons. The number of hydrogen-bond donors (Lipinski definition) is 0. The number of carbonyl (C=O) groups is 1. The Balaban J connectivity index is 2.05. The molecule has 1 aliphatic rings. The Hall–Kier alpha value is -2.17. The molecular weight excluding hydrogens is 290 g/mol. The monoisotopic (exact) mass is 311 g/mol. The second kappa shape index (κ2) is 6.94. The second-order valence-corrected chi connectivity index (χ2v) is 5.69. The fourth-order valence-electron chi connectivity index (χ4n) is 2.89. The minimum absolute atomic E-state index is 0.0252. The third-order valence-corrected chi connectivity index (χ3v) is 4.14. The molecule has 0 N–H and O–H groups in total. The molecule has 0 saturated heterocycles. The second-order valence-electron chi connectivity index (χ2n) is 5.69. The summed E-state index contributed by atoms with van der Waals surface area (Å²) in [5, 5.41) is 0. The summed E-state index contributed by atoms with van der Waals surface area (Å²) in [7, 11) is 1.64. The first-order chi connectivity index (χ1) is 11.2. The number of fused-ring (bicyclic) bond motifs is 1. The van der Waals surface area contributed by atoms with E-state index in [1.54, 1.807) is 12.0 Å². The molecule has 4 heteroatoms. The number of anilines is 1. The highest BCUT2D eigenvalue weighted by Crippen LogP contribution is 2.31. The minimum atomic E-state index is -0.0252. The van der Waals surface area contributed by atoms with Gasteiger partial charge in [-0.1, -0.05) is 36.4 Å².